The van der Waals surface area contributed by atoms with Crippen molar-refractivity contribution in [3.63, 3.8) is 0 Å². The first-order valence-corrected chi connectivity index (χ1v) is 9.43. The van der Waals surface area contributed by atoms with Crippen molar-refractivity contribution in [1.82, 2.24) is 4.31 Å². The Bertz CT molecular complexity index is 542. The zero-order valence-electron chi connectivity index (χ0n) is 11.8. The highest BCUT2D eigenvalue weighted by Crippen LogP contribution is 2.27. The van der Waals surface area contributed by atoms with E-state index < -0.39 is 16.1 Å². The molecule has 0 heterocycles. The highest BCUT2D eigenvalue weighted by atomic mass is 32.2. The van der Waals surface area contributed by atoms with Crippen molar-refractivity contribution in [2.75, 3.05) is 13.3 Å². The minimum Gasteiger partial charge on any atom is -0.391 e. The summed E-state index contributed by atoms with van der Waals surface area (Å²) in [5.74, 6) is 0. The highest BCUT2D eigenvalue weighted by Gasteiger charge is 2.34. The van der Waals surface area contributed by atoms with E-state index in [1.54, 1.807) is 30.9 Å². The first kappa shape index (κ1) is 15.8. The summed E-state index contributed by atoms with van der Waals surface area (Å²) in [6.45, 7) is 0. The predicted octanol–water partition coefficient (Wildman–Crippen LogP) is 2.33. The lowest BCUT2D eigenvalue weighted by Crippen LogP contribution is -2.46. The second-order valence-electron chi connectivity index (χ2n) is 5.12. The number of likely N-dealkylation sites (N-methyl/N-ethyl adjacent to an activating group) is 1. The van der Waals surface area contributed by atoms with Gasteiger partial charge in [0.15, 0.2) is 0 Å². The van der Waals surface area contributed by atoms with Crippen LogP contribution in [-0.2, 0) is 10.0 Å². The van der Waals surface area contributed by atoms with Crippen molar-refractivity contribution >= 4 is 21.8 Å². The second kappa shape index (κ2) is 6.47. The van der Waals surface area contributed by atoms with Crippen LogP contribution in [-0.4, -0.2) is 43.3 Å². The van der Waals surface area contributed by atoms with Crippen LogP contribution in [0.3, 0.4) is 0 Å². The lowest BCUT2D eigenvalue weighted by atomic mass is 9.93. The Hall–Kier alpha value is -0.560. The standard InChI is InChI=1S/C14H21NO3S2/c1-15(13-5-3-4-6-14(13)16)20(17,18)12-9-7-11(19-2)8-10-12/h7-10,13-14,16H,3-6H2,1-2H3. The van der Waals surface area contributed by atoms with E-state index in [9.17, 15) is 13.5 Å². The lowest BCUT2D eigenvalue weighted by Gasteiger charge is -2.34. The van der Waals surface area contributed by atoms with E-state index in [1.165, 1.54) is 4.31 Å². The Balaban J connectivity index is 2.23. The van der Waals surface area contributed by atoms with E-state index in [4.69, 9.17) is 0 Å². The molecule has 1 aromatic carbocycles. The number of aliphatic hydroxyl groups is 1. The zero-order chi connectivity index (χ0) is 14.8. The average molecular weight is 315 g/mol. The van der Waals surface area contributed by atoms with Crippen molar-refractivity contribution in [3.05, 3.63) is 24.3 Å². The highest BCUT2D eigenvalue weighted by molar-refractivity contribution is 7.98. The summed E-state index contributed by atoms with van der Waals surface area (Å²) in [4.78, 5) is 1.32. The molecule has 1 saturated carbocycles. The van der Waals surface area contributed by atoms with Crippen molar-refractivity contribution in [2.45, 2.75) is 47.6 Å². The molecule has 4 nitrogen and oxygen atoms in total. The molecule has 1 aromatic rings. The van der Waals surface area contributed by atoms with E-state index in [2.05, 4.69) is 0 Å². The van der Waals surface area contributed by atoms with E-state index in [0.29, 0.717) is 6.42 Å². The third-order valence-electron chi connectivity index (χ3n) is 3.90. The van der Waals surface area contributed by atoms with E-state index in [1.807, 2.05) is 18.4 Å². The monoisotopic (exact) mass is 315 g/mol. The van der Waals surface area contributed by atoms with Crippen LogP contribution in [0.1, 0.15) is 25.7 Å². The molecule has 0 saturated heterocycles. The summed E-state index contributed by atoms with van der Waals surface area (Å²) in [5, 5.41) is 10.0. The van der Waals surface area contributed by atoms with Gasteiger partial charge in [0.25, 0.3) is 0 Å². The smallest absolute Gasteiger partial charge is 0.243 e. The van der Waals surface area contributed by atoms with Gasteiger partial charge in [0, 0.05) is 11.9 Å². The Kier molecular flexibility index (Phi) is 5.12. The fourth-order valence-electron chi connectivity index (χ4n) is 2.61. The SMILES string of the molecule is CSc1ccc(S(=O)(=O)N(C)C2CCCCC2O)cc1. The molecule has 2 unspecified atom stereocenters. The molecule has 0 amide bonds. The van der Waals surface area contributed by atoms with Crippen LogP contribution in [0.25, 0.3) is 0 Å². The van der Waals surface area contributed by atoms with Gasteiger partial charge in [0.05, 0.1) is 17.0 Å². The normalized spacial score (nSPS) is 24.0. The average Bonchev–Trinajstić information content (AvgIpc) is 2.47. The van der Waals surface area contributed by atoms with Crippen LogP contribution in [0, 0.1) is 0 Å². The minimum atomic E-state index is -3.53. The Labute approximate surface area is 125 Å². The summed E-state index contributed by atoms with van der Waals surface area (Å²) in [6.07, 6.45) is 4.72. The molecule has 1 aliphatic carbocycles. The van der Waals surface area contributed by atoms with Crippen LogP contribution < -0.4 is 0 Å². The number of rotatable bonds is 4. The molecule has 1 fully saturated rings. The Morgan fingerprint density at radius 3 is 2.35 bits per heavy atom. The van der Waals surface area contributed by atoms with Crippen LogP contribution in [0.5, 0.6) is 0 Å². The molecule has 6 heteroatoms. The second-order valence-corrected chi connectivity index (χ2v) is 7.99. The third kappa shape index (κ3) is 3.19. The molecule has 20 heavy (non-hydrogen) atoms. The van der Waals surface area contributed by atoms with Gasteiger partial charge in [-0.3, -0.25) is 0 Å². The van der Waals surface area contributed by atoms with Crippen molar-refractivity contribution in [3.8, 4) is 0 Å². The molecular formula is C14H21NO3S2. The quantitative estimate of drug-likeness (QED) is 0.867. The van der Waals surface area contributed by atoms with Crippen LogP contribution >= 0.6 is 11.8 Å². The lowest BCUT2D eigenvalue weighted by molar-refractivity contribution is 0.0638. The molecule has 0 bridgehead atoms. The number of hydrogen-bond acceptors (Lipinski definition) is 4. The maximum absolute atomic E-state index is 12.6. The van der Waals surface area contributed by atoms with Crippen LogP contribution in [0.2, 0.25) is 0 Å². The molecule has 2 rings (SSSR count). The Morgan fingerprint density at radius 2 is 1.80 bits per heavy atom. The fraction of sp³-hybridized carbons (Fsp3) is 0.571. The molecule has 0 aliphatic heterocycles. The maximum atomic E-state index is 12.6. The molecule has 1 N–H and O–H groups in total. The number of sulfonamides is 1. The molecule has 112 valence electrons. The van der Waals surface area contributed by atoms with Gasteiger partial charge in [-0.05, 0) is 43.4 Å². The van der Waals surface area contributed by atoms with Crippen LogP contribution in [0.4, 0.5) is 0 Å². The molecule has 2 atom stereocenters. The minimum absolute atomic E-state index is 0.288. The van der Waals surface area contributed by atoms with Gasteiger partial charge in [-0.25, -0.2) is 8.42 Å². The number of benzene rings is 1. The van der Waals surface area contributed by atoms with Gasteiger partial charge in [0.1, 0.15) is 0 Å². The summed E-state index contributed by atoms with van der Waals surface area (Å²) in [6, 6.07) is 6.57. The summed E-state index contributed by atoms with van der Waals surface area (Å²) in [7, 11) is -1.97. The van der Waals surface area contributed by atoms with Crippen molar-refractivity contribution < 1.29 is 13.5 Å². The number of thioether (sulfide) groups is 1. The number of hydrogen-bond donors (Lipinski definition) is 1. The fourth-order valence-corrected chi connectivity index (χ4v) is 4.43. The Morgan fingerprint density at radius 1 is 1.20 bits per heavy atom. The summed E-state index contributed by atoms with van der Waals surface area (Å²) in [5.41, 5.74) is 0. The molecular weight excluding hydrogens is 294 g/mol. The van der Waals surface area contributed by atoms with Gasteiger partial charge < -0.3 is 5.11 Å². The van der Waals surface area contributed by atoms with Crippen LogP contribution in [0.15, 0.2) is 34.1 Å². The predicted molar refractivity (Wildman–Crippen MR) is 81.4 cm³/mol. The largest absolute Gasteiger partial charge is 0.391 e. The van der Waals surface area contributed by atoms with Crippen molar-refractivity contribution in [2.24, 2.45) is 0 Å². The van der Waals surface area contributed by atoms with Gasteiger partial charge in [-0.15, -0.1) is 11.8 Å². The van der Waals surface area contributed by atoms with Gasteiger partial charge in [-0.2, -0.15) is 4.31 Å². The summed E-state index contributed by atoms with van der Waals surface area (Å²) < 4.78 is 26.5. The van der Waals surface area contributed by atoms with Gasteiger partial charge >= 0.3 is 0 Å². The van der Waals surface area contributed by atoms with E-state index in [0.717, 1.165) is 24.2 Å². The molecule has 1 aliphatic rings. The van der Waals surface area contributed by atoms with E-state index in [-0.39, 0.29) is 10.9 Å². The zero-order valence-corrected chi connectivity index (χ0v) is 13.5. The van der Waals surface area contributed by atoms with Crippen molar-refractivity contribution in [1.29, 1.82) is 0 Å². The first-order valence-electron chi connectivity index (χ1n) is 6.77. The number of nitrogens with zero attached hydrogens (tertiary/aromatic N) is 1. The molecule has 0 spiro atoms. The topological polar surface area (TPSA) is 57.6 Å². The first-order chi connectivity index (χ1) is 9.46. The third-order valence-corrected chi connectivity index (χ3v) is 6.54. The molecule has 0 aromatic heterocycles. The maximum Gasteiger partial charge on any atom is 0.243 e. The van der Waals surface area contributed by atoms with Gasteiger partial charge in [-0.1, -0.05) is 12.8 Å². The number of aliphatic hydroxyl groups excluding tert-OH is 1. The molecule has 0 radical (unpaired) electrons. The summed E-state index contributed by atoms with van der Waals surface area (Å²) >= 11 is 1.58. The van der Waals surface area contributed by atoms with Gasteiger partial charge in [0.2, 0.25) is 10.0 Å². The van der Waals surface area contributed by atoms with E-state index >= 15 is 0 Å².